The summed E-state index contributed by atoms with van der Waals surface area (Å²) in [6, 6.07) is 5.19. The molecule has 1 atom stereocenters. The molecule has 1 aromatic rings. The summed E-state index contributed by atoms with van der Waals surface area (Å²) in [6.07, 6.45) is 1.18. The molecule has 3 rings (SSSR count). The van der Waals surface area contributed by atoms with Gasteiger partial charge < -0.3 is 10.2 Å². The van der Waals surface area contributed by atoms with Gasteiger partial charge in [0.2, 0.25) is 5.91 Å². The maximum absolute atomic E-state index is 13.1. The van der Waals surface area contributed by atoms with Crippen LogP contribution < -0.4 is 15.5 Å². The normalized spacial score (nSPS) is 24.7. The Morgan fingerprint density at radius 2 is 2.13 bits per heavy atom. The Hall–Kier alpha value is -1.76. The van der Waals surface area contributed by atoms with E-state index in [9.17, 15) is 13.6 Å². The molecule has 0 bridgehead atoms. The van der Waals surface area contributed by atoms with Gasteiger partial charge in [-0.05, 0) is 31.9 Å². The molecule has 7 heteroatoms. The first-order valence-corrected chi connectivity index (χ1v) is 8.03. The van der Waals surface area contributed by atoms with Crippen molar-refractivity contribution in [2.24, 2.45) is 0 Å². The number of anilines is 1. The maximum atomic E-state index is 13.1. The van der Waals surface area contributed by atoms with Crippen molar-refractivity contribution in [3.8, 4) is 0 Å². The number of amides is 1. The molecule has 0 saturated carbocycles. The highest BCUT2D eigenvalue weighted by atomic mass is 19.3. The molecule has 2 aliphatic rings. The Labute approximate surface area is 134 Å². The minimum absolute atomic E-state index is 0.0413. The van der Waals surface area contributed by atoms with Crippen LogP contribution in [0.25, 0.3) is 0 Å². The zero-order chi connectivity index (χ0) is 16.4. The molecule has 5 nitrogen and oxygen atoms in total. The third-order valence-corrected chi connectivity index (χ3v) is 4.47. The van der Waals surface area contributed by atoms with E-state index in [4.69, 9.17) is 0 Å². The number of rotatable bonds is 3. The molecule has 126 valence electrons. The molecule has 23 heavy (non-hydrogen) atoms. The van der Waals surface area contributed by atoms with Crippen molar-refractivity contribution in [3.63, 3.8) is 0 Å². The van der Waals surface area contributed by atoms with Gasteiger partial charge in [0.1, 0.15) is 5.82 Å². The highest BCUT2D eigenvalue weighted by molar-refractivity contribution is 5.82. The summed E-state index contributed by atoms with van der Waals surface area (Å²) in [4.78, 5) is 18.8. The fourth-order valence-electron chi connectivity index (χ4n) is 3.16. The molecule has 0 radical (unpaired) electrons. The first-order valence-electron chi connectivity index (χ1n) is 8.03. The molecule has 2 saturated heterocycles. The van der Waals surface area contributed by atoms with Crippen LogP contribution in [-0.4, -0.2) is 48.5 Å². The van der Waals surface area contributed by atoms with Gasteiger partial charge in [0.15, 0.2) is 0 Å². The summed E-state index contributed by atoms with van der Waals surface area (Å²) in [7, 11) is 0. The van der Waals surface area contributed by atoms with E-state index in [2.05, 4.69) is 20.5 Å². The number of halogens is 2. The zero-order valence-electron chi connectivity index (χ0n) is 13.2. The van der Waals surface area contributed by atoms with Crippen molar-refractivity contribution in [1.82, 2.24) is 15.6 Å². The maximum Gasteiger partial charge on any atom is 0.262 e. The lowest BCUT2D eigenvalue weighted by Gasteiger charge is -2.33. The van der Waals surface area contributed by atoms with Crippen LogP contribution in [-0.2, 0) is 4.79 Å². The van der Waals surface area contributed by atoms with Crippen LogP contribution >= 0.6 is 0 Å². The van der Waals surface area contributed by atoms with Crippen LogP contribution in [0.5, 0.6) is 0 Å². The van der Waals surface area contributed by atoms with E-state index in [1.807, 2.05) is 25.1 Å². The van der Waals surface area contributed by atoms with E-state index in [0.29, 0.717) is 0 Å². The number of pyridine rings is 1. The fraction of sp³-hybridized carbons (Fsp3) is 0.625. The third-order valence-electron chi connectivity index (χ3n) is 4.47. The van der Waals surface area contributed by atoms with Crippen molar-refractivity contribution < 1.29 is 13.6 Å². The first kappa shape index (κ1) is 16.1. The quantitative estimate of drug-likeness (QED) is 0.884. The summed E-state index contributed by atoms with van der Waals surface area (Å²) in [6.45, 7) is 3.15. The average Bonchev–Trinajstić information content (AvgIpc) is 2.88. The summed E-state index contributed by atoms with van der Waals surface area (Å²) in [5.41, 5.74) is 0.978. The number of alkyl halides is 2. The number of aromatic nitrogens is 1. The van der Waals surface area contributed by atoms with Gasteiger partial charge in [0.05, 0.1) is 12.6 Å². The van der Waals surface area contributed by atoms with Crippen molar-refractivity contribution in [1.29, 1.82) is 0 Å². The van der Waals surface area contributed by atoms with Gasteiger partial charge in [-0.25, -0.2) is 13.8 Å². The summed E-state index contributed by atoms with van der Waals surface area (Å²) >= 11 is 0. The summed E-state index contributed by atoms with van der Waals surface area (Å²) in [5.74, 6) is -2.14. The molecule has 2 fully saturated rings. The van der Waals surface area contributed by atoms with Gasteiger partial charge in [-0.2, -0.15) is 0 Å². The fourth-order valence-corrected chi connectivity index (χ4v) is 3.16. The van der Waals surface area contributed by atoms with Crippen molar-refractivity contribution in [2.75, 3.05) is 24.5 Å². The molecule has 0 aromatic carbocycles. The van der Waals surface area contributed by atoms with E-state index >= 15 is 0 Å². The topological polar surface area (TPSA) is 57.3 Å². The Bertz CT molecular complexity index is 573. The monoisotopic (exact) mass is 324 g/mol. The summed E-state index contributed by atoms with van der Waals surface area (Å²) in [5, 5.41) is 5.49. The van der Waals surface area contributed by atoms with E-state index in [0.717, 1.165) is 37.4 Å². The molecule has 3 heterocycles. The average molecular weight is 324 g/mol. The van der Waals surface area contributed by atoms with Gasteiger partial charge in [-0.15, -0.1) is 0 Å². The largest absolute Gasteiger partial charge is 0.356 e. The SMILES string of the molecule is Cc1cccc(N2CCC(NC(=O)C3CC(F)(F)CN3)CC2)n1. The number of carbonyl (C=O) groups is 1. The Kier molecular flexibility index (Phi) is 4.48. The van der Waals surface area contributed by atoms with Crippen LogP contribution in [0.2, 0.25) is 0 Å². The number of aryl methyl sites for hydroxylation is 1. The van der Waals surface area contributed by atoms with Gasteiger partial charge in [-0.1, -0.05) is 6.07 Å². The molecule has 1 amide bonds. The third kappa shape index (κ3) is 3.96. The second-order valence-electron chi connectivity index (χ2n) is 6.40. The molecule has 2 N–H and O–H groups in total. The second kappa shape index (κ2) is 6.39. The lowest BCUT2D eigenvalue weighted by Crippen LogP contribution is -2.49. The first-order chi connectivity index (χ1) is 10.9. The molecule has 2 aliphatic heterocycles. The van der Waals surface area contributed by atoms with Gasteiger partial charge in [-0.3, -0.25) is 10.1 Å². The van der Waals surface area contributed by atoms with E-state index < -0.39 is 24.9 Å². The standard InChI is InChI=1S/C16H22F2N4O/c1-11-3-2-4-14(20-11)22-7-5-12(6-8-22)21-15(23)13-9-16(17,18)10-19-13/h2-4,12-13,19H,5-10H2,1H3,(H,21,23). The summed E-state index contributed by atoms with van der Waals surface area (Å²) < 4.78 is 26.3. The van der Waals surface area contributed by atoms with Crippen LogP contribution in [0.15, 0.2) is 18.2 Å². The predicted molar refractivity (Wildman–Crippen MR) is 83.7 cm³/mol. The molecular formula is C16H22F2N4O. The molecular weight excluding hydrogens is 302 g/mol. The van der Waals surface area contributed by atoms with Gasteiger partial charge in [0.25, 0.3) is 5.92 Å². The Morgan fingerprint density at radius 3 is 2.74 bits per heavy atom. The van der Waals surface area contributed by atoms with Crippen molar-refractivity contribution in [3.05, 3.63) is 23.9 Å². The Morgan fingerprint density at radius 1 is 1.39 bits per heavy atom. The van der Waals surface area contributed by atoms with Crippen molar-refractivity contribution >= 4 is 11.7 Å². The number of hydrogen-bond acceptors (Lipinski definition) is 4. The number of carbonyl (C=O) groups excluding carboxylic acids is 1. The smallest absolute Gasteiger partial charge is 0.262 e. The molecule has 1 aromatic heterocycles. The second-order valence-corrected chi connectivity index (χ2v) is 6.40. The number of nitrogens with one attached hydrogen (secondary N) is 2. The van der Waals surface area contributed by atoms with Crippen LogP contribution in [0.4, 0.5) is 14.6 Å². The highest BCUT2D eigenvalue weighted by Crippen LogP contribution is 2.25. The van der Waals surface area contributed by atoms with Crippen LogP contribution in [0.1, 0.15) is 25.0 Å². The van der Waals surface area contributed by atoms with E-state index in [1.54, 1.807) is 0 Å². The number of piperidine rings is 1. The van der Waals surface area contributed by atoms with E-state index in [-0.39, 0.29) is 11.9 Å². The molecule has 0 spiro atoms. The molecule has 0 aliphatic carbocycles. The molecule has 1 unspecified atom stereocenters. The number of nitrogens with zero attached hydrogens (tertiary/aromatic N) is 2. The zero-order valence-corrected chi connectivity index (χ0v) is 13.2. The van der Waals surface area contributed by atoms with Gasteiger partial charge >= 0.3 is 0 Å². The van der Waals surface area contributed by atoms with E-state index in [1.165, 1.54) is 0 Å². The minimum Gasteiger partial charge on any atom is -0.356 e. The van der Waals surface area contributed by atoms with Crippen LogP contribution in [0.3, 0.4) is 0 Å². The van der Waals surface area contributed by atoms with Crippen LogP contribution in [0, 0.1) is 6.92 Å². The lowest BCUT2D eigenvalue weighted by molar-refractivity contribution is -0.124. The minimum atomic E-state index is -2.78. The Balaban J connectivity index is 1.49. The predicted octanol–water partition coefficient (Wildman–Crippen LogP) is 1.47. The number of hydrogen-bond donors (Lipinski definition) is 2. The lowest BCUT2D eigenvalue weighted by atomic mass is 10.0. The highest BCUT2D eigenvalue weighted by Gasteiger charge is 2.42. The van der Waals surface area contributed by atoms with Crippen molar-refractivity contribution in [2.45, 2.75) is 44.2 Å². The van der Waals surface area contributed by atoms with Gasteiger partial charge in [0, 0.05) is 31.2 Å².